The van der Waals surface area contributed by atoms with Gasteiger partial charge in [0.1, 0.15) is 12.0 Å². The van der Waals surface area contributed by atoms with Gasteiger partial charge >= 0.3 is 113 Å². The fraction of sp³-hybridized carbons (Fsp3) is 0.390. The van der Waals surface area contributed by atoms with Gasteiger partial charge in [0.05, 0.1) is 56.9 Å². The highest BCUT2D eigenvalue weighted by atomic mass is 16.5. The summed E-state index contributed by atoms with van der Waals surface area (Å²) in [6, 6.07) is 0. The van der Waals surface area contributed by atoms with E-state index in [1.807, 2.05) is 0 Å². The summed E-state index contributed by atoms with van der Waals surface area (Å²) in [4.78, 5) is 207. The van der Waals surface area contributed by atoms with Gasteiger partial charge in [0.25, 0.3) is 0 Å². The highest BCUT2D eigenvalue weighted by molar-refractivity contribution is 6.33. The summed E-state index contributed by atoms with van der Waals surface area (Å²) in [5, 5.41) is 187. The molecule has 0 bridgehead atoms. The first kappa shape index (κ1) is 92.9. The molecule has 0 amide bonds. The van der Waals surface area contributed by atoms with Crippen molar-refractivity contribution in [1.82, 2.24) is 0 Å². The van der Waals surface area contributed by atoms with Crippen LogP contribution < -0.4 is 0 Å². The molecular formula is C41H54O44. The predicted molar refractivity (Wildman–Crippen MR) is 252 cm³/mol. The van der Waals surface area contributed by atoms with Gasteiger partial charge in [-0.05, 0) is 6.92 Å². The molecule has 4 atom stereocenters. The molecule has 85 heavy (non-hydrogen) atoms. The van der Waals surface area contributed by atoms with E-state index in [1.165, 1.54) is 6.92 Å². The van der Waals surface area contributed by atoms with Crippen LogP contribution >= 0.6 is 0 Å². The number of aliphatic hydroxyl groups is 4. The first-order chi connectivity index (χ1) is 38.2. The molecule has 0 aromatic carbocycles. The number of Topliss-reactive ketones (excluding diaryl/α,β-unsaturated/α-hetero) is 2. The summed E-state index contributed by atoms with van der Waals surface area (Å²) >= 11 is 0. The minimum Gasteiger partial charge on any atom is -0.481 e. The normalized spacial score (nSPS) is 11.0. The number of carbonyl (C=O) groups excluding carboxylic acids is 2. The number of ketones is 2. The summed E-state index contributed by atoms with van der Waals surface area (Å²) in [5.74, 6) is -30.9. The maximum Gasteiger partial charge on any atom is 0.372 e. The van der Waals surface area contributed by atoms with Crippen LogP contribution in [0.25, 0.3) is 0 Å². The van der Waals surface area contributed by atoms with Crippen molar-refractivity contribution in [2.24, 2.45) is 5.92 Å². The van der Waals surface area contributed by atoms with E-state index >= 15 is 0 Å². The smallest absolute Gasteiger partial charge is 0.372 e. The minimum atomic E-state index is -2.74. The van der Waals surface area contributed by atoms with E-state index in [9.17, 15) is 101 Å². The van der Waals surface area contributed by atoms with E-state index in [1.54, 1.807) is 0 Å². The van der Waals surface area contributed by atoms with E-state index in [4.69, 9.17) is 117 Å². The number of rotatable bonds is 28. The van der Waals surface area contributed by atoms with E-state index in [-0.39, 0.29) is 12.8 Å². The Morgan fingerprint density at radius 1 is 0.388 bits per heavy atom. The summed E-state index contributed by atoms with van der Waals surface area (Å²) < 4.78 is 0. The molecule has 44 nitrogen and oxygen atoms in total. The molecule has 0 aliphatic carbocycles. The number of carboxylic acids is 19. The summed E-state index contributed by atoms with van der Waals surface area (Å²) in [7, 11) is 0. The molecular weight excluding hydrogens is 1200 g/mol. The Kier molecular flexibility index (Phi) is 56.9. The van der Waals surface area contributed by atoms with Crippen LogP contribution in [0, 0.1) is 5.92 Å². The maximum atomic E-state index is 10.3. The molecule has 44 heteroatoms. The minimum absolute atomic E-state index is 0.296. The number of carbonyl (C=O) groups is 21. The van der Waals surface area contributed by atoms with Gasteiger partial charge in [0, 0.05) is 31.6 Å². The summed E-state index contributed by atoms with van der Waals surface area (Å²) in [5.41, 5.74) is -3.40. The van der Waals surface area contributed by atoms with Crippen molar-refractivity contribution in [3.63, 3.8) is 0 Å². The van der Waals surface area contributed by atoms with Gasteiger partial charge in [-0.3, -0.25) is 52.7 Å². The molecule has 0 unspecified atom stereocenters. The number of aliphatic hydroxyl groups excluding tert-OH is 3. The number of carboxylic acid groups (broad SMARTS) is 19. The molecule has 0 fully saturated rings. The van der Waals surface area contributed by atoms with Gasteiger partial charge in [-0.1, -0.05) is 0 Å². The Morgan fingerprint density at radius 2 is 0.718 bits per heavy atom. The summed E-state index contributed by atoms with van der Waals surface area (Å²) in [6.45, 7) is 2.20. The third kappa shape index (κ3) is 79.2. The van der Waals surface area contributed by atoms with Crippen molar-refractivity contribution >= 4 is 125 Å². The monoisotopic (exact) mass is 1250 g/mol. The number of hydrogen-bond acceptors (Lipinski definition) is 25. The molecule has 0 aromatic rings. The van der Waals surface area contributed by atoms with E-state index in [0.29, 0.717) is 18.2 Å². The summed E-state index contributed by atoms with van der Waals surface area (Å²) in [6.07, 6.45) is -9.98. The standard InChI is InChI=1S/2C6H8O7.C6H6O6.C5H6O5.C4H6O5.C4H6O4.C4H4O4.C3H6O3.C3H4O3/c7-3(8)1-6(13,5(11)12)2-4(9)10;7-3(8)1-2(5(10)11)4(9)6(12)13;7-4(8)1-3(6(11)12)2-5(9)10;6-3(5(9)10)1-2-4(7)8;5-2(4(8)9)1-3(6)7;2*5-3(6)1-2-4(7)8;2*1-2(4)3(5)6/h13H,1-2H2,(H,7,8)(H,9,10)(H,11,12);2,4,9H,1H2,(H,7,8)(H,10,11)(H,12,13);1H,2H2,(H,7,8)(H,9,10)(H,11,12);1-2H2,(H,7,8)(H,9,10);2,5H,1H2,(H,6,7)(H,8,9);1-2H2,(H,5,6)(H,7,8);1-2H,(H,5,6)(H,7,8);2,4H,1H3,(H,5,6);1H3,(H,5,6)/b;;3-1-;;;;2-1+;;/t;2-,4+;;;2-;;;2-;/m.1..0..0./s1. The van der Waals surface area contributed by atoms with Crippen molar-refractivity contribution in [3.8, 4) is 0 Å². The van der Waals surface area contributed by atoms with Crippen molar-refractivity contribution in [2.45, 2.75) is 95.5 Å². The second-order valence-electron chi connectivity index (χ2n) is 13.9. The van der Waals surface area contributed by atoms with Crippen molar-refractivity contribution in [1.29, 1.82) is 0 Å². The van der Waals surface area contributed by atoms with E-state index < -0.39 is 205 Å². The topological polar surface area (TPSA) is 824 Å². The molecule has 0 rings (SSSR count). The second-order valence-corrected chi connectivity index (χ2v) is 13.9. The van der Waals surface area contributed by atoms with Gasteiger partial charge < -0.3 is 117 Å². The van der Waals surface area contributed by atoms with Crippen LogP contribution in [0.4, 0.5) is 0 Å². The van der Waals surface area contributed by atoms with E-state index in [0.717, 1.165) is 6.92 Å². The van der Waals surface area contributed by atoms with Gasteiger partial charge in [-0.25, -0.2) is 47.9 Å². The fourth-order valence-electron chi connectivity index (χ4n) is 2.85. The van der Waals surface area contributed by atoms with Crippen LogP contribution in [0.2, 0.25) is 0 Å². The van der Waals surface area contributed by atoms with Crippen LogP contribution in [0.5, 0.6) is 0 Å². The zero-order chi connectivity index (χ0) is 70.0. The molecule has 0 saturated heterocycles. The van der Waals surface area contributed by atoms with Crippen LogP contribution in [-0.2, 0) is 101 Å². The average molecular weight is 1250 g/mol. The lowest BCUT2D eigenvalue weighted by molar-refractivity contribution is -0.170. The van der Waals surface area contributed by atoms with Crippen LogP contribution in [0.3, 0.4) is 0 Å². The van der Waals surface area contributed by atoms with Gasteiger partial charge in [0.2, 0.25) is 11.6 Å². The highest BCUT2D eigenvalue weighted by Crippen LogP contribution is 2.16. The maximum absolute atomic E-state index is 10.3. The van der Waals surface area contributed by atoms with Crippen molar-refractivity contribution < 1.29 is 218 Å². The number of aliphatic carboxylic acids is 19. The molecule has 0 spiro atoms. The molecule has 482 valence electrons. The SMILES string of the molecule is CC(=O)C(=O)O.C[C@H](O)C(=O)O.O=C(O)/C=C(/CC(=O)O)C(=O)O.O=C(O)/C=C/C(=O)O.O=C(O)CC(O)(CC(=O)O)C(=O)O.O=C(O)CCC(=O)C(=O)O.O=C(O)CCC(=O)O.O=C(O)C[C@@H](C(=O)O)[C@H](O)C(=O)O.O=C(O)C[C@H](O)C(=O)O. The lowest BCUT2D eigenvalue weighted by Gasteiger charge is -2.18. The molecule has 0 aromatic heterocycles. The number of hydrogen-bond donors (Lipinski definition) is 23. The van der Waals surface area contributed by atoms with Crippen LogP contribution in [0.15, 0.2) is 23.8 Å². The van der Waals surface area contributed by atoms with Crippen LogP contribution in [-0.4, -0.2) is 266 Å². The first-order valence-corrected chi connectivity index (χ1v) is 20.6. The molecule has 0 aliphatic rings. The molecule has 23 N–H and O–H groups in total. The second kappa shape index (κ2) is 52.0. The quantitative estimate of drug-likeness (QED) is 0.0256. The fourth-order valence-corrected chi connectivity index (χ4v) is 2.85. The lowest BCUT2D eigenvalue weighted by Crippen LogP contribution is -2.42. The molecule has 0 heterocycles. The first-order valence-electron chi connectivity index (χ1n) is 20.6. The highest BCUT2D eigenvalue weighted by Gasteiger charge is 2.41. The third-order valence-electron chi connectivity index (χ3n) is 6.58. The average Bonchev–Trinajstić information content (AvgIpc) is 3.31. The van der Waals surface area contributed by atoms with E-state index in [2.05, 4.69) is 0 Å². The predicted octanol–water partition coefficient (Wildman–Crippen LogP) is -5.91. The zero-order valence-corrected chi connectivity index (χ0v) is 42.8. The zero-order valence-electron chi connectivity index (χ0n) is 42.8. The Bertz CT molecular complexity index is 2380. The lowest BCUT2D eigenvalue weighted by atomic mass is 9.96. The van der Waals surface area contributed by atoms with Gasteiger partial charge in [-0.2, -0.15) is 0 Å². The molecule has 0 aliphatic heterocycles. The Balaban J connectivity index is -0.000000110. The Labute approximate surface area is 468 Å². The Hall–Kier alpha value is -11.4. The van der Waals surface area contributed by atoms with Crippen LogP contribution in [0.1, 0.15) is 71.6 Å². The Morgan fingerprint density at radius 3 is 0.882 bits per heavy atom. The van der Waals surface area contributed by atoms with Crippen molar-refractivity contribution in [2.75, 3.05) is 0 Å². The third-order valence-corrected chi connectivity index (χ3v) is 6.58. The molecule has 0 saturated carbocycles. The van der Waals surface area contributed by atoms with Crippen molar-refractivity contribution in [3.05, 3.63) is 23.8 Å². The largest absolute Gasteiger partial charge is 0.481 e. The van der Waals surface area contributed by atoms with Gasteiger partial charge in [-0.15, -0.1) is 0 Å². The van der Waals surface area contributed by atoms with Gasteiger partial charge in [0.15, 0.2) is 17.8 Å². The molecule has 0 radical (unpaired) electrons.